The first-order valence-electron chi connectivity index (χ1n) is 10.5. The Labute approximate surface area is 184 Å². The highest BCUT2D eigenvalue weighted by molar-refractivity contribution is 7.80. The summed E-state index contributed by atoms with van der Waals surface area (Å²) in [4.78, 5) is 11.6. The number of hydrogen-bond donors (Lipinski definition) is 1. The van der Waals surface area contributed by atoms with E-state index in [0.29, 0.717) is 5.92 Å². The van der Waals surface area contributed by atoms with E-state index in [9.17, 15) is 0 Å². The summed E-state index contributed by atoms with van der Waals surface area (Å²) >= 11 is 5.77. The molecule has 0 saturated carbocycles. The summed E-state index contributed by atoms with van der Waals surface area (Å²) in [5.74, 6) is 1.44. The van der Waals surface area contributed by atoms with E-state index in [4.69, 9.17) is 12.2 Å². The fourth-order valence-electron chi connectivity index (χ4n) is 4.37. The summed E-state index contributed by atoms with van der Waals surface area (Å²) in [5.41, 5.74) is 5.79. The zero-order valence-corrected chi connectivity index (χ0v) is 19.1. The topological polar surface area (TPSA) is 46.0 Å². The van der Waals surface area contributed by atoms with Crippen molar-refractivity contribution in [2.45, 2.75) is 46.7 Å². The van der Waals surface area contributed by atoms with Crippen molar-refractivity contribution in [3.63, 3.8) is 0 Å². The maximum atomic E-state index is 5.77. The van der Waals surface area contributed by atoms with Crippen molar-refractivity contribution in [1.29, 1.82) is 0 Å². The molecule has 1 aliphatic heterocycles. The van der Waals surface area contributed by atoms with Gasteiger partial charge in [0.25, 0.3) is 0 Å². The van der Waals surface area contributed by atoms with Gasteiger partial charge in [0, 0.05) is 30.3 Å². The summed E-state index contributed by atoms with van der Waals surface area (Å²) in [6, 6.07) is 12.6. The van der Waals surface area contributed by atoms with Crippen LogP contribution >= 0.6 is 12.2 Å². The zero-order valence-electron chi connectivity index (χ0n) is 18.3. The lowest BCUT2D eigenvalue weighted by Crippen LogP contribution is -2.33. The summed E-state index contributed by atoms with van der Waals surface area (Å²) in [6.07, 6.45) is 3.77. The van der Waals surface area contributed by atoms with E-state index in [1.807, 2.05) is 24.5 Å². The van der Waals surface area contributed by atoms with E-state index in [1.165, 1.54) is 17.0 Å². The largest absolute Gasteiger partial charge is 0.352 e. The quantitative estimate of drug-likeness (QED) is 0.601. The number of pyridine rings is 2. The zero-order chi connectivity index (χ0) is 21.4. The molecule has 0 aromatic carbocycles. The Morgan fingerprint density at radius 2 is 1.90 bits per heavy atom. The number of rotatable bonds is 5. The number of nitrogens with one attached hydrogen (secondary N) is 1. The lowest BCUT2D eigenvalue weighted by atomic mass is 9.96. The number of nitrogens with zero attached hydrogens (tertiary/aromatic N) is 4. The standard InChI is InChI=1S/C24H29N5S/c1-15(2)14-28-23(22(27-24(28)30)20-8-6-7-11-25-20)19-12-17(4)29(18(19)5)21-10-9-16(3)13-26-21/h6-13,15,22-23H,14H2,1-5H3,(H,27,30)/t22-,23+/m0/s1. The second-order valence-electron chi connectivity index (χ2n) is 8.53. The number of thiocarbonyl (C=S) groups is 1. The molecular weight excluding hydrogens is 390 g/mol. The molecule has 1 fully saturated rings. The van der Waals surface area contributed by atoms with Gasteiger partial charge < -0.3 is 14.8 Å². The van der Waals surface area contributed by atoms with Gasteiger partial charge in [0.15, 0.2) is 5.11 Å². The highest BCUT2D eigenvalue weighted by atomic mass is 32.1. The van der Waals surface area contributed by atoms with Crippen LogP contribution in [0, 0.1) is 26.7 Å². The molecule has 3 aromatic heterocycles. The van der Waals surface area contributed by atoms with Crippen molar-refractivity contribution in [3.8, 4) is 5.82 Å². The predicted molar refractivity (Wildman–Crippen MR) is 125 cm³/mol. The molecule has 1 aliphatic rings. The van der Waals surface area contributed by atoms with Gasteiger partial charge in [0.05, 0.1) is 17.8 Å². The average molecular weight is 420 g/mol. The number of hydrogen-bond acceptors (Lipinski definition) is 3. The third kappa shape index (κ3) is 3.72. The monoisotopic (exact) mass is 419 g/mol. The van der Waals surface area contributed by atoms with Crippen LogP contribution in [0.1, 0.15) is 54.1 Å². The molecule has 0 radical (unpaired) electrons. The first kappa shape index (κ1) is 20.5. The van der Waals surface area contributed by atoms with Crippen molar-refractivity contribution in [2.75, 3.05) is 6.54 Å². The van der Waals surface area contributed by atoms with Gasteiger partial charge in [-0.25, -0.2) is 4.98 Å². The first-order valence-corrected chi connectivity index (χ1v) is 10.9. The van der Waals surface area contributed by atoms with Crippen LogP contribution in [0.2, 0.25) is 0 Å². The maximum Gasteiger partial charge on any atom is 0.170 e. The highest BCUT2D eigenvalue weighted by Gasteiger charge is 2.41. The summed E-state index contributed by atoms with van der Waals surface area (Å²) in [7, 11) is 0. The minimum Gasteiger partial charge on any atom is -0.352 e. The van der Waals surface area contributed by atoms with Crippen LogP contribution in [-0.2, 0) is 0 Å². The van der Waals surface area contributed by atoms with E-state index in [0.717, 1.165) is 28.7 Å². The van der Waals surface area contributed by atoms with Gasteiger partial charge >= 0.3 is 0 Å². The third-order valence-electron chi connectivity index (χ3n) is 5.67. The Morgan fingerprint density at radius 3 is 2.53 bits per heavy atom. The molecule has 156 valence electrons. The van der Waals surface area contributed by atoms with E-state index in [2.05, 4.69) is 83.6 Å². The molecule has 1 N–H and O–H groups in total. The molecule has 0 bridgehead atoms. The molecule has 2 atom stereocenters. The van der Waals surface area contributed by atoms with Gasteiger partial charge in [-0.05, 0) is 74.3 Å². The fraction of sp³-hybridized carbons (Fsp3) is 0.375. The van der Waals surface area contributed by atoms with Gasteiger partial charge in [-0.15, -0.1) is 0 Å². The molecule has 1 saturated heterocycles. The molecule has 0 unspecified atom stereocenters. The SMILES string of the molecule is Cc1ccc(-n2c(C)cc([C@@H]3[C@H](c4ccccn4)NC(=S)N3CC(C)C)c2C)nc1. The molecule has 4 rings (SSSR count). The van der Waals surface area contributed by atoms with Crippen LogP contribution in [0.5, 0.6) is 0 Å². The van der Waals surface area contributed by atoms with Crippen molar-refractivity contribution in [3.05, 3.63) is 77.0 Å². The maximum absolute atomic E-state index is 5.77. The lowest BCUT2D eigenvalue weighted by Gasteiger charge is -2.29. The minimum atomic E-state index is 0.0115. The fourth-order valence-corrected chi connectivity index (χ4v) is 4.68. The van der Waals surface area contributed by atoms with Crippen LogP contribution in [-0.4, -0.2) is 31.1 Å². The van der Waals surface area contributed by atoms with Gasteiger partial charge in [-0.3, -0.25) is 4.98 Å². The van der Waals surface area contributed by atoms with E-state index < -0.39 is 0 Å². The van der Waals surface area contributed by atoms with Crippen molar-refractivity contribution in [1.82, 2.24) is 24.8 Å². The highest BCUT2D eigenvalue weighted by Crippen LogP contribution is 2.41. The van der Waals surface area contributed by atoms with Crippen molar-refractivity contribution >= 4 is 17.3 Å². The first-order chi connectivity index (χ1) is 14.4. The van der Waals surface area contributed by atoms with Crippen molar-refractivity contribution < 1.29 is 0 Å². The molecule has 6 heteroatoms. The Bertz CT molecular complexity index is 1040. The normalized spacial score (nSPS) is 18.9. The Hall–Kier alpha value is -2.73. The molecule has 30 heavy (non-hydrogen) atoms. The lowest BCUT2D eigenvalue weighted by molar-refractivity contribution is 0.287. The predicted octanol–water partition coefficient (Wildman–Crippen LogP) is 4.82. The van der Waals surface area contributed by atoms with Gasteiger partial charge in [0.1, 0.15) is 5.82 Å². The third-order valence-corrected chi connectivity index (χ3v) is 6.03. The van der Waals surface area contributed by atoms with Gasteiger partial charge in [-0.2, -0.15) is 0 Å². The molecule has 0 spiro atoms. The molecule has 5 nitrogen and oxygen atoms in total. The second kappa shape index (κ2) is 8.19. The Balaban J connectivity index is 1.83. The van der Waals surface area contributed by atoms with Crippen LogP contribution in [0.3, 0.4) is 0 Å². The number of aryl methyl sites for hydroxylation is 2. The second-order valence-corrected chi connectivity index (χ2v) is 8.92. The Kier molecular flexibility index (Phi) is 5.60. The summed E-state index contributed by atoms with van der Waals surface area (Å²) < 4.78 is 2.24. The van der Waals surface area contributed by atoms with Crippen molar-refractivity contribution in [2.24, 2.45) is 5.92 Å². The molecule has 0 amide bonds. The smallest absolute Gasteiger partial charge is 0.170 e. The minimum absolute atomic E-state index is 0.0115. The summed E-state index contributed by atoms with van der Waals surface area (Å²) in [5, 5.41) is 4.34. The molecule has 0 aliphatic carbocycles. The molecule has 4 heterocycles. The van der Waals surface area contributed by atoms with Crippen LogP contribution in [0.15, 0.2) is 48.8 Å². The summed E-state index contributed by atoms with van der Waals surface area (Å²) in [6.45, 7) is 11.7. The van der Waals surface area contributed by atoms with Crippen LogP contribution < -0.4 is 5.32 Å². The number of aromatic nitrogens is 3. The van der Waals surface area contributed by atoms with Crippen LogP contribution in [0.4, 0.5) is 0 Å². The molecular formula is C24H29N5S. The van der Waals surface area contributed by atoms with E-state index >= 15 is 0 Å². The molecule has 3 aromatic rings. The Morgan fingerprint density at radius 1 is 1.10 bits per heavy atom. The van der Waals surface area contributed by atoms with E-state index in [-0.39, 0.29) is 12.1 Å². The average Bonchev–Trinajstić information content (AvgIpc) is 3.19. The van der Waals surface area contributed by atoms with E-state index in [1.54, 1.807) is 0 Å². The van der Waals surface area contributed by atoms with Crippen LogP contribution in [0.25, 0.3) is 5.82 Å². The van der Waals surface area contributed by atoms with Gasteiger partial charge in [-0.1, -0.05) is 26.0 Å². The van der Waals surface area contributed by atoms with Gasteiger partial charge in [0.2, 0.25) is 0 Å².